The number of hydrogen-bond donors (Lipinski definition) is 1. The fraction of sp³-hybridized carbons (Fsp3) is 0.333. The maximum Gasteiger partial charge on any atom is 0.290 e. The van der Waals surface area contributed by atoms with Crippen LogP contribution >= 0.6 is 0 Å². The van der Waals surface area contributed by atoms with Crippen molar-refractivity contribution in [2.75, 3.05) is 46.5 Å². The summed E-state index contributed by atoms with van der Waals surface area (Å²) >= 11 is 0. The number of aliphatic hydroxyl groups excluding tert-OH is 1. The van der Waals surface area contributed by atoms with E-state index in [9.17, 15) is 14.7 Å². The third-order valence-electron chi connectivity index (χ3n) is 6.61. The molecule has 2 aliphatic heterocycles. The van der Waals surface area contributed by atoms with E-state index in [2.05, 4.69) is 4.90 Å². The Balaban J connectivity index is 1.48. The molecule has 0 radical (unpaired) electrons. The van der Waals surface area contributed by atoms with Crippen molar-refractivity contribution in [1.29, 1.82) is 0 Å². The van der Waals surface area contributed by atoms with Crippen LogP contribution in [0, 0.1) is 0 Å². The minimum atomic E-state index is -0.788. The van der Waals surface area contributed by atoms with Gasteiger partial charge < -0.3 is 23.9 Å². The van der Waals surface area contributed by atoms with Gasteiger partial charge in [-0.1, -0.05) is 36.4 Å². The van der Waals surface area contributed by atoms with E-state index in [-0.39, 0.29) is 11.3 Å². The van der Waals surface area contributed by atoms with E-state index in [1.807, 2.05) is 36.4 Å². The number of benzene rings is 2. The number of ether oxygens (including phenoxy) is 2. The van der Waals surface area contributed by atoms with Gasteiger partial charge in [-0.15, -0.1) is 0 Å². The van der Waals surface area contributed by atoms with Gasteiger partial charge in [0.15, 0.2) is 11.5 Å². The molecular weight excluding hydrogens is 448 g/mol. The first-order valence-electron chi connectivity index (χ1n) is 11.8. The second-order valence-electron chi connectivity index (χ2n) is 8.69. The zero-order chi connectivity index (χ0) is 24.4. The Kier molecular flexibility index (Phi) is 6.57. The molecule has 0 aliphatic carbocycles. The van der Waals surface area contributed by atoms with E-state index < -0.39 is 23.5 Å². The van der Waals surface area contributed by atoms with E-state index >= 15 is 0 Å². The van der Waals surface area contributed by atoms with E-state index in [1.54, 1.807) is 30.2 Å². The maximum atomic E-state index is 13.7. The number of ketones is 1. The molecule has 35 heavy (non-hydrogen) atoms. The number of morpholine rings is 1. The van der Waals surface area contributed by atoms with Gasteiger partial charge in [-0.2, -0.15) is 0 Å². The predicted octanol–water partition coefficient (Wildman–Crippen LogP) is 3.74. The fourth-order valence-electron chi connectivity index (χ4n) is 4.85. The standard InChI is InChI=1S/C27H28N2O6/c1-33-21-10-5-3-8-19(21)24-23(25(30)22-17-18-7-2-4-9-20(18)35-22)26(31)27(32)29(24)12-6-11-28-13-15-34-16-14-28/h2-5,7-10,17,24,31H,6,11-16H2,1H3. The van der Waals surface area contributed by atoms with Crippen LogP contribution in [0.3, 0.4) is 0 Å². The van der Waals surface area contributed by atoms with Crippen LogP contribution in [0.15, 0.2) is 70.3 Å². The van der Waals surface area contributed by atoms with Gasteiger partial charge in [-0.05, 0) is 24.6 Å². The Bertz CT molecular complexity index is 1240. The lowest BCUT2D eigenvalue weighted by Crippen LogP contribution is -2.39. The van der Waals surface area contributed by atoms with E-state index in [1.165, 1.54) is 0 Å². The molecular formula is C27H28N2O6. The van der Waals surface area contributed by atoms with Gasteiger partial charge in [-0.3, -0.25) is 14.5 Å². The second kappa shape index (κ2) is 9.93. The average molecular weight is 477 g/mol. The van der Waals surface area contributed by atoms with E-state index in [0.29, 0.717) is 43.1 Å². The predicted molar refractivity (Wildman–Crippen MR) is 130 cm³/mol. The number of methoxy groups -OCH3 is 1. The summed E-state index contributed by atoms with van der Waals surface area (Å²) in [7, 11) is 1.54. The Morgan fingerprint density at radius 2 is 1.83 bits per heavy atom. The molecule has 5 rings (SSSR count). The molecule has 0 spiro atoms. The number of rotatable bonds is 8. The summed E-state index contributed by atoms with van der Waals surface area (Å²) in [4.78, 5) is 30.8. The number of para-hydroxylation sites is 2. The molecule has 1 saturated heterocycles. The highest BCUT2D eigenvalue weighted by Crippen LogP contribution is 2.42. The van der Waals surface area contributed by atoms with Gasteiger partial charge in [0.1, 0.15) is 11.3 Å². The first-order valence-corrected chi connectivity index (χ1v) is 11.8. The molecule has 1 atom stereocenters. The Labute approximate surface area is 203 Å². The largest absolute Gasteiger partial charge is 0.503 e. The van der Waals surface area contributed by atoms with Crippen LogP contribution in [0.2, 0.25) is 0 Å². The highest BCUT2D eigenvalue weighted by molar-refractivity contribution is 6.16. The lowest BCUT2D eigenvalue weighted by atomic mass is 9.94. The highest BCUT2D eigenvalue weighted by atomic mass is 16.5. The number of aliphatic hydroxyl groups is 1. The second-order valence-corrected chi connectivity index (χ2v) is 8.69. The number of fused-ring (bicyclic) bond motifs is 1. The minimum absolute atomic E-state index is 0.00456. The molecule has 1 aromatic heterocycles. The van der Waals surface area contributed by atoms with Crippen LogP contribution in [-0.2, 0) is 9.53 Å². The van der Waals surface area contributed by atoms with Crippen LogP contribution in [0.25, 0.3) is 11.0 Å². The van der Waals surface area contributed by atoms with Crippen molar-refractivity contribution in [3.8, 4) is 5.75 Å². The van der Waals surface area contributed by atoms with Crippen LogP contribution in [0.5, 0.6) is 5.75 Å². The van der Waals surface area contributed by atoms with E-state index in [4.69, 9.17) is 13.9 Å². The average Bonchev–Trinajstić information content (AvgIpc) is 3.44. The summed E-state index contributed by atoms with van der Waals surface area (Å²) in [5, 5.41) is 11.7. The van der Waals surface area contributed by atoms with Crippen LogP contribution in [0.4, 0.5) is 0 Å². The van der Waals surface area contributed by atoms with Crippen molar-refractivity contribution < 1.29 is 28.6 Å². The highest BCUT2D eigenvalue weighted by Gasteiger charge is 2.45. The summed E-state index contributed by atoms with van der Waals surface area (Å²) in [6.45, 7) is 4.27. The van der Waals surface area contributed by atoms with Crippen LogP contribution in [0.1, 0.15) is 28.6 Å². The smallest absolute Gasteiger partial charge is 0.290 e. The Morgan fingerprint density at radius 1 is 1.09 bits per heavy atom. The van der Waals surface area contributed by atoms with Gasteiger partial charge in [-0.25, -0.2) is 0 Å². The molecule has 8 heteroatoms. The molecule has 182 valence electrons. The molecule has 1 amide bonds. The Hall–Kier alpha value is -3.62. The number of furan rings is 1. The van der Waals surface area contributed by atoms with Gasteiger partial charge >= 0.3 is 0 Å². The summed E-state index contributed by atoms with van der Waals surface area (Å²) in [6.07, 6.45) is 0.691. The van der Waals surface area contributed by atoms with Crippen LogP contribution in [-0.4, -0.2) is 73.1 Å². The topological polar surface area (TPSA) is 92.5 Å². The molecule has 0 bridgehead atoms. The molecule has 8 nitrogen and oxygen atoms in total. The van der Waals surface area contributed by atoms with E-state index in [0.717, 1.165) is 25.0 Å². The molecule has 2 aromatic carbocycles. The summed E-state index contributed by atoms with van der Waals surface area (Å²) < 4.78 is 16.8. The first-order chi connectivity index (χ1) is 17.1. The number of carbonyl (C=O) groups excluding carboxylic acids is 2. The third kappa shape index (κ3) is 4.42. The first kappa shape index (κ1) is 23.1. The molecule has 3 aromatic rings. The maximum absolute atomic E-state index is 13.7. The molecule has 1 fully saturated rings. The summed E-state index contributed by atoms with van der Waals surface area (Å²) in [5.41, 5.74) is 1.21. The van der Waals surface area contributed by atoms with Gasteiger partial charge in [0.25, 0.3) is 5.91 Å². The number of hydrogen-bond acceptors (Lipinski definition) is 7. The monoisotopic (exact) mass is 476 g/mol. The Morgan fingerprint density at radius 3 is 2.60 bits per heavy atom. The van der Waals surface area contributed by atoms with Crippen molar-refractivity contribution in [3.05, 3.63) is 77.3 Å². The summed E-state index contributed by atoms with van der Waals surface area (Å²) in [5.74, 6) is -1.01. The number of amides is 1. The molecule has 0 saturated carbocycles. The zero-order valence-electron chi connectivity index (χ0n) is 19.6. The van der Waals surface area contributed by atoms with Crippen molar-refractivity contribution in [1.82, 2.24) is 9.80 Å². The van der Waals surface area contributed by atoms with Crippen molar-refractivity contribution in [2.45, 2.75) is 12.5 Å². The lowest BCUT2D eigenvalue weighted by molar-refractivity contribution is -0.129. The number of Topliss-reactive ketones (excluding diaryl/α,β-unsaturated/α-hetero) is 1. The van der Waals surface area contributed by atoms with Crippen LogP contribution < -0.4 is 4.74 Å². The zero-order valence-corrected chi connectivity index (χ0v) is 19.6. The number of carbonyl (C=O) groups is 2. The summed E-state index contributed by atoms with van der Waals surface area (Å²) in [6, 6.07) is 15.4. The normalized spacial score (nSPS) is 19.1. The third-order valence-corrected chi connectivity index (χ3v) is 6.61. The van der Waals surface area contributed by atoms with Gasteiger partial charge in [0, 0.05) is 37.1 Å². The molecule has 1 unspecified atom stereocenters. The van der Waals surface area contributed by atoms with Gasteiger partial charge in [0.2, 0.25) is 5.78 Å². The fourth-order valence-corrected chi connectivity index (χ4v) is 4.85. The lowest BCUT2D eigenvalue weighted by Gasteiger charge is -2.30. The number of nitrogens with zero attached hydrogens (tertiary/aromatic N) is 2. The molecule has 3 heterocycles. The minimum Gasteiger partial charge on any atom is -0.503 e. The molecule has 2 aliphatic rings. The van der Waals surface area contributed by atoms with Crippen molar-refractivity contribution in [3.63, 3.8) is 0 Å². The quantitative estimate of drug-likeness (QED) is 0.495. The van der Waals surface area contributed by atoms with Gasteiger partial charge in [0.05, 0.1) is 31.9 Å². The van der Waals surface area contributed by atoms with Crippen molar-refractivity contribution in [2.24, 2.45) is 0 Å². The SMILES string of the molecule is COc1ccccc1C1C(C(=O)c2cc3ccccc3o2)=C(O)C(=O)N1CCCN1CCOCC1. The van der Waals surface area contributed by atoms with Crippen molar-refractivity contribution >= 4 is 22.7 Å². The molecule has 1 N–H and O–H groups in total.